The second-order valence-corrected chi connectivity index (χ2v) is 6.45. The Kier molecular flexibility index (Phi) is 4.63. The zero-order chi connectivity index (χ0) is 16.2. The van der Waals surface area contributed by atoms with E-state index in [9.17, 15) is 4.79 Å². The monoisotopic (exact) mass is 324 g/mol. The Labute approximate surface area is 140 Å². The minimum atomic E-state index is -0.00442. The first-order chi connectivity index (χ1) is 11.2. The molecule has 3 rings (SSSR count). The number of aromatic nitrogens is 1. The topological polar surface area (TPSA) is 34.0 Å². The maximum absolute atomic E-state index is 12.7. The number of carbonyl (C=O) groups is 1. The first kappa shape index (κ1) is 15.6. The minimum absolute atomic E-state index is 0.00442. The fourth-order valence-electron chi connectivity index (χ4n) is 2.47. The molecule has 1 aromatic carbocycles. The summed E-state index contributed by atoms with van der Waals surface area (Å²) in [6.45, 7) is 4.10. The van der Waals surface area contributed by atoms with E-state index in [4.69, 9.17) is 0 Å². The van der Waals surface area contributed by atoms with Crippen molar-refractivity contribution in [2.75, 3.05) is 0 Å². The van der Waals surface area contributed by atoms with E-state index in [-0.39, 0.29) is 11.9 Å². The van der Waals surface area contributed by atoms with Gasteiger partial charge >= 0.3 is 0 Å². The van der Waals surface area contributed by atoms with E-state index in [1.165, 1.54) is 11.3 Å². The van der Waals surface area contributed by atoms with E-state index < -0.39 is 0 Å². The number of carbonyl (C=O) groups excluding carboxylic acids is 1. The fraction of sp³-hybridized carbons (Fsp3) is 0.211. The third-order valence-corrected chi connectivity index (χ3v) is 4.88. The van der Waals surface area contributed by atoms with Gasteiger partial charge in [-0.15, -0.1) is 11.3 Å². The molecule has 0 saturated heterocycles. The fourth-order valence-corrected chi connectivity index (χ4v) is 3.44. The second kappa shape index (κ2) is 6.84. The summed E-state index contributed by atoms with van der Waals surface area (Å²) >= 11 is 1.50. The van der Waals surface area contributed by atoms with Gasteiger partial charge in [0.05, 0.1) is 5.69 Å². The van der Waals surface area contributed by atoms with Crippen LogP contribution in [0.4, 0.5) is 0 Å². The molecular formula is C19H20N2OS. The Morgan fingerprint density at radius 2 is 1.87 bits per heavy atom. The Bertz CT molecular complexity index is 775. The summed E-state index contributed by atoms with van der Waals surface area (Å²) in [5, 5.41) is 5.14. The molecule has 1 N–H and O–H groups in total. The molecule has 118 valence electrons. The Morgan fingerprint density at radius 3 is 2.52 bits per heavy atom. The van der Waals surface area contributed by atoms with Crippen LogP contribution in [-0.2, 0) is 0 Å². The van der Waals surface area contributed by atoms with Crippen LogP contribution >= 0.6 is 11.3 Å². The second-order valence-electron chi connectivity index (χ2n) is 5.57. The summed E-state index contributed by atoms with van der Waals surface area (Å²) in [6, 6.07) is 14.3. The van der Waals surface area contributed by atoms with Crippen molar-refractivity contribution in [2.45, 2.75) is 26.3 Å². The molecule has 0 aliphatic heterocycles. The van der Waals surface area contributed by atoms with Crippen LogP contribution in [0.2, 0.25) is 0 Å². The third kappa shape index (κ3) is 3.22. The van der Waals surface area contributed by atoms with E-state index in [2.05, 4.69) is 29.8 Å². The van der Waals surface area contributed by atoms with Crippen molar-refractivity contribution in [1.82, 2.24) is 9.88 Å². The molecule has 2 heterocycles. The van der Waals surface area contributed by atoms with Gasteiger partial charge in [0.1, 0.15) is 4.88 Å². The van der Waals surface area contributed by atoms with Gasteiger partial charge in [-0.3, -0.25) is 4.79 Å². The number of amides is 1. The van der Waals surface area contributed by atoms with E-state index in [1.807, 2.05) is 54.2 Å². The van der Waals surface area contributed by atoms with Gasteiger partial charge in [-0.2, -0.15) is 0 Å². The van der Waals surface area contributed by atoms with Gasteiger partial charge in [0.25, 0.3) is 5.91 Å². The first-order valence-corrected chi connectivity index (χ1v) is 8.69. The van der Waals surface area contributed by atoms with Crippen LogP contribution in [0.1, 0.15) is 29.9 Å². The quantitative estimate of drug-likeness (QED) is 0.723. The van der Waals surface area contributed by atoms with Gasteiger partial charge in [-0.05, 0) is 31.0 Å². The third-order valence-electron chi connectivity index (χ3n) is 3.91. The van der Waals surface area contributed by atoms with Crippen molar-refractivity contribution < 1.29 is 4.79 Å². The highest BCUT2D eigenvalue weighted by atomic mass is 32.1. The summed E-state index contributed by atoms with van der Waals surface area (Å²) < 4.78 is 2.02. The summed E-state index contributed by atoms with van der Waals surface area (Å²) in [5.41, 5.74) is 3.16. The number of nitrogens with one attached hydrogen (secondary N) is 1. The number of rotatable bonds is 5. The van der Waals surface area contributed by atoms with Crippen LogP contribution in [-0.4, -0.2) is 16.5 Å². The van der Waals surface area contributed by atoms with Gasteiger partial charge in [0.2, 0.25) is 0 Å². The van der Waals surface area contributed by atoms with Crippen molar-refractivity contribution in [1.29, 1.82) is 0 Å². The molecule has 1 amide bonds. The van der Waals surface area contributed by atoms with Gasteiger partial charge in [0.15, 0.2) is 0 Å². The lowest BCUT2D eigenvalue weighted by Gasteiger charge is -2.13. The highest BCUT2D eigenvalue weighted by Gasteiger charge is 2.20. The molecule has 2 aromatic heterocycles. The van der Waals surface area contributed by atoms with Crippen LogP contribution in [0.3, 0.4) is 0 Å². The number of benzene rings is 1. The van der Waals surface area contributed by atoms with Gasteiger partial charge in [0, 0.05) is 29.4 Å². The van der Waals surface area contributed by atoms with Crippen LogP contribution in [0.5, 0.6) is 0 Å². The van der Waals surface area contributed by atoms with Crippen LogP contribution < -0.4 is 5.32 Å². The number of hydrogen-bond acceptors (Lipinski definition) is 2. The van der Waals surface area contributed by atoms with Gasteiger partial charge < -0.3 is 9.88 Å². The van der Waals surface area contributed by atoms with Crippen LogP contribution in [0.25, 0.3) is 16.8 Å². The molecule has 0 saturated carbocycles. The van der Waals surface area contributed by atoms with E-state index in [0.29, 0.717) is 0 Å². The molecule has 0 unspecified atom stereocenters. The normalized spacial score (nSPS) is 12.1. The van der Waals surface area contributed by atoms with Crippen LogP contribution in [0.15, 0.2) is 60.2 Å². The summed E-state index contributed by atoms with van der Waals surface area (Å²) in [5.74, 6) is -0.00442. The maximum atomic E-state index is 12.7. The summed E-state index contributed by atoms with van der Waals surface area (Å²) in [6.07, 6.45) is 4.88. The van der Waals surface area contributed by atoms with Crippen molar-refractivity contribution in [3.8, 4) is 16.8 Å². The number of nitrogens with zero attached hydrogens (tertiary/aromatic N) is 1. The summed E-state index contributed by atoms with van der Waals surface area (Å²) in [7, 11) is 0. The lowest BCUT2D eigenvalue weighted by molar-refractivity contribution is 0.0943. The molecule has 23 heavy (non-hydrogen) atoms. The largest absolute Gasteiger partial charge is 0.349 e. The Morgan fingerprint density at radius 1 is 1.17 bits per heavy atom. The van der Waals surface area contributed by atoms with Gasteiger partial charge in [-0.25, -0.2) is 0 Å². The predicted molar refractivity (Wildman–Crippen MR) is 96.3 cm³/mol. The average Bonchev–Trinajstić information content (AvgIpc) is 3.24. The first-order valence-electron chi connectivity index (χ1n) is 7.81. The van der Waals surface area contributed by atoms with Crippen molar-refractivity contribution >= 4 is 17.2 Å². The molecule has 0 aliphatic carbocycles. The van der Waals surface area contributed by atoms with Crippen molar-refractivity contribution in [3.05, 3.63) is 65.1 Å². The molecule has 3 aromatic rings. The highest BCUT2D eigenvalue weighted by molar-refractivity contribution is 7.13. The molecule has 0 aliphatic rings. The molecule has 3 nitrogen and oxygen atoms in total. The average molecular weight is 324 g/mol. The Balaban J connectivity index is 2.08. The molecule has 1 atom stereocenters. The smallest absolute Gasteiger partial charge is 0.263 e. The molecule has 4 heteroatoms. The van der Waals surface area contributed by atoms with Gasteiger partial charge in [-0.1, -0.05) is 37.3 Å². The number of hydrogen-bond donors (Lipinski definition) is 1. The zero-order valence-corrected chi connectivity index (χ0v) is 14.1. The zero-order valence-electron chi connectivity index (χ0n) is 13.3. The van der Waals surface area contributed by atoms with E-state index in [1.54, 1.807) is 0 Å². The molecular weight excluding hydrogens is 304 g/mol. The SMILES string of the molecule is CC[C@@H](C)NC(=O)c1scc(-c2ccccc2)c1-n1cccc1. The predicted octanol–water partition coefficient (Wildman–Crippen LogP) is 4.73. The Hall–Kier alpha value is -2.33. The molecule has 0 bridgehead atoms. The lowest BCUT2D eigenvalue weighted by Crippen LogP contribution is -2.31. The maximum Gasteiger partial charge on any atom is 0.263 e. The summed E-state index contributed by atoms with van der Waals surface area (Å²) in [4.78, 5) is 13.4. The lowest BCUT2D eigenvalue weighted by atomic mass is 10.1. The van der Waals surface area contributed by atoms with Crippen LogP contribution in [0, 0.1) is 0 Å². The van der Waals surface area contributed by atoms with Crippen molar-refractivity contribution in [2.24, 2.45) is 0 Å². The standard InChI is InChI=1S/C19H20N2OS/c1-3-14(2)20-19(22)18-17(21-11-7-8-12-21)16(13-23-18)15-9-5-4-6-10-15/h4-14H,3H2,1-2H3,(H,20,22)/t14-/m1/s1. The molecule has 0 fully saturated rings. The van der Waals surface area contributed by atoms with E-state index in [0.717, 1.165) is 28.1 Å². The number of thiophene rings is 1. The van der Waals surface area contributed by atoms with Crippen molar-refractivity contribution in [3.63, 3.8) is 0 Å². The molecule has 0 spiro atoms. The van der Waals surface area contributed by atoms with E-state index >= 15 is 0 Å². The molecule has 0 radical (unpaired) electrons. The highest BCUT2D eigenvalue weighted by Crippen LogP contribution is 2.34. The minimum Gasteiger partial charge on any atom is -0.349 e.